The number of ether oxygens (including phenoxy) is 1. The van der Waals surface area contributed by atoms with E-state index in [0.717, 1.165) is 15.6 Å². The van der Waals surface area contributed by atoms with Crippen LogP contribution in [0, 0.1) is 6.92 Å². The summed E-state index contributed by atoms with van der Waals surface area (Å²) >= 11 is 3.46. The van der Waals surface area contributed by atoms with Crippen molar-refractivity contribution in [2.45, 2.75) is 32.9 Å². The highest BCUT2D eigenvalue weighted by Crippen LogP contribution is 2.40. The molecule has 3 rings (SSSR count). The molecule has 0 spiro atoms. The van der Waals surface area contributed by atoms with Gasteiger partial charge in [-0.3, -0.25) is 9.59 Å². The Kier molecular flexibility index (Phi) is 7.41. The van der Waals surface area contributed by atoms with Crippen molar-refractivity contribution in [3.8, 4) is 5.75 Å². The van der Waals surface area contributed by atoms with Crippen LogP contribution < -0.4 is 4.74 Å². The first-order valence-electron chi connectivity index (χ1n) is 10.6. The minimum Gasteiger partial charge on any atom is -0.507 e. The third kappa shape index (κ3) is 5.05. The van der Waals surface area contributed by atoms with Gasteiger partial charge >= 0.3 is 0 Å². The van der Waals surface area contributed by atoms with E-state index >= 15 is 0 Å². The van der Waals surface area contributed by atoms with Crippen molar-refractivity contribution in [1.82, 2.24) is 9.80 Å². The summed E-state index contributed by atoms with van der Waals surface area (Å²) in [4.78, 5) is 29.6. The predicted molar refractivity (Wildman–Crippen MR) is 129 cm³/mol. The molecule has 1 aliphatic heterocycles. The van der Waals surface area contributed by atoms with Gasteiger partial charge in [0, 0.05) is 23.1 Å². The number of halogens is 1. The van der Waals surface area contributed by atoms with Crippen molar-refractivity contribution in [2.24, 2.45) is 0 Å². The Morgan fingerprint density at radius 2 is 1.91 bits per heavy atom. The summed E-state index contributed by atoms with van der Waals surface area (Å²) in [5, 5.41) is 11.2. The number of aryl methyl sites for hydroxylation is 1. The molecule has 1 atom stereocenters. The Balaban J connectivity index is 2.16. The average molecular weight is 501 g/mol. The summed E-state index contributed by atoms with van der Waals surface area (Å²) < 4.78 is 6.73. The number of hydrogen-bond acceptors (Lipinski definition) is 5. The quantitative estimate of drug-likeness (QED) is 0.343. The van der Waals surface area contributed by atoms with E-state index in [4.69, 9.17) is 4.74 Å². The smallest absolute Gasteiger partial charge is 0.295 e. The van der Waals surface area contributed by atoms with Gasteiger partial charge in [-0.05, 0) is 70.3 Å². The zero-order valence-electron chi connectivity index (χ0n) is 19.1. The minimum absolute atomic E-state index is 0.0175. The normalized spacial score (nSPS) is 18.1. The molecule has 6 nitrogen and oxygen atoms in total. The maximum Gasteiger partial charge on any atom is 0.295 e. The van der Waals surface area contributed by atoms with Crippen LogP contribution in [-0.2, 0) is 9.59 Å². The Hall–Kier alpha value is -2.64. The lowest BCUT2D eigenvalue weighted by atomic mass is 9.94. The average Bonchev–Trinajstić information content (AvgIpc) is 2.98. The van der Waals surface area contributed by atoms with Crippen molar-refractivity contribution in [2.75, 3.05) is 27.2 Å². The van der Waals surface area contributed by atoms with Crippen molar-refractivity contribution < 1.29 is 19.4 Å². The van der Waals surface area contributed by atoms with Crippen molar-refractivity contribution in [3.63, 3.8) is 0 Å². The van der Waals surface area contributed by atoms with Gasteiger partial charge in [-0.2, -0.15) is 0 Å². The van der Waals surface area contributed by atoms with Crippen LogP contribution in [0.25, 0.3) is 5.76 Å². The van der Waals surface area contributed by atoms with Crippen molar-refractivity contribution in [1.29, 1.82) is 0 Å². The van der Waals surface area contributed by atoms with Gasteiger partial charge in [-0.15, -0.1) is 0 Å². The molecule has 0 aromatic heterocycles. The second-order valence-electron chi connectivity index (χ2n) is 8.50. The molecule has 2 aromatic rings. The molecular weight excluding hydrogens is 472 g/mol. The van der Waals surface area contributed by atoms with Crippen LogP contribution >= 0.6 is 15.9 Å². The second kappa shape index (κ2) is 9.88. The highest BCUT2D eigenvalue weighted by Gasteiger charge is 2.46. The Morgan fingerprint density at radius 3 is 2.53 bits per heavy atom. The lowest BCUT2D eigenvalue weighted by Crippen LogP contribution is -2.35. The molecule has 1 unspecified atom stereocenters. The van der Waals surface area contributed by atoms with E-state index < -0.39 is 17.7 Å². The van der Waals surface area contributed by atoms with Crippen LogP contribution in [0.1, 0.15) is 36.6 Å². The molecule has 1 N–H and O–H groups in total. The first kappa shape index (κ1) is 24.0. The molecule has 1 heterocycles. The number of hydrogen-bond donors (Lipinski definition) is 1. The van der Waals surface area contributed by atoms with Crippen LogP contribution in [-0.4, -0.2) is 59.9 Å². The third-order valence-corrected chi connectivity index (χ3v) is 6.19. The summed E-state index contributed by atoms with van der Waals surface area (Å²) in [6, 6.07) is 12.0. The summed E-state index contributed by atoms with van der Waals surface area (Å²) in [5.41, 5.74) is 2.23. The lowest BCUT2D eigenvalue weighted by molar-refractivity contribution is -0.140. The number of aliphatic hydroxyl groups excluding tert-OH is 1. The predicted octanol–water partition coefficient (Wildman–Crippen LogP) is 4.53. The SMILES string of the molecule is Cc1cc(/C(O)=C2/C(=O)C(=O)N(CCN(C)C)C2c2cccc(OC(C)C)c2)ccc1Br. The molecule has 1 saturated heterocycles. The van der Waals surface area contributed by atoms with Gasteiger partial charge in [0.25, 0.3) is 11.7 Å². The summed E-state index contributed by atoms with van der Waals surface area (Å²) in [6.07, 6.45) is -0.0175. The molecule has 2 aromatic carbocycles. The van der Waals surface area contributed by atoms with Crippen LogP contribution in [0.15, 0.2) is 52.5 Å². The van der Waals surface area contributed by atoms with Gasteiger partial charge in [0.15, 0.2) is 0 Å². The van der Waals surface area contributed by atoms with Crippen molar-refractivity contribution in [3.05, 3.63) is 69.2 Å². The van der Waals surface area contributed by atoms with Crippen LogP contribution in [0.3, 0.4) is 0 Å². The Morgan fingerprint density at radius 1 is 1.19 bits per heavy atom. The van der Waals surface area contributed by atoms with Crippen LogP contribution in [0.4, 0.5) is 0 Å². The fraction of sp³-hybridized carbons (Fsp3) is 0.360. The minimum atomic E-state index is -0.699. The van der Waals surface area contributed by atoms with E-state index in [2.05, 4.69) is 15.9 Å². The number of aliphatic hydroxyl groups is 1. The second-order valence-corrected chi connectivity index (χ2v) is 9.35. The highest BCUT2D eigenvalue weighted by atomic mass is 79.9. The molecule has 1 aliphatic rings. The molecule has 170 valence electrons. The van der Waals surface area contributed by atoms with E-state index in [9.17, 15) is 14.7 Å². The maximum absolute atomic E-state index is 13.1. The highest BCUT2D eigenvalue weighted by molar-refractivity contribution is 9.10. The molecule has 1 amide bonds. The number of rotatable bonds is 7. The van der Waals surface area contributed by atoms with Crippen LogP contribution in [0.2, 0.25) is 0 Å². The van der Waals surface area contributed by atoms with Gasteiger partial charge in [0.1, 0.15) is 11.5 Å². The molecule has 0 bridgehead atoms. The number of amides is 1. The van der Waals surface area contributed by atoms with Gasteiger partial charge in [0.05, 0.1) is 17.7 Å². The lowest BCUT2D eigenvalue weighted by Gasteiger charge is -2.27. The Labute approximate surface area is 197 Å². The fourth-order valence-electron chi connectivity index (χ4n) is 3.74. The molecule has 0 radical (unpaired) electrons. The molecule has 0 aliphatic carbocycles. The van der Waals surface area contributed by atoms with E-state index in [0.29, 0.717) is 24.4 Å². The van der Waals surface area contributed by atoms with Gasteiger partial charge < -0.3 is 19.6 Å². The molecule has 32 heavy (non-hydrogen) atoms. The van der Waals surface area contributed by atoms with Crippen molar-refractivity contribution >= 4 is 33.4 Å². The van der Waals surface area contributed by atoms with E-state index in [1.807, 2.05) is 70.1 Å². The Bertz CT molecular complexity index is 1060. The number of nitrogens with zero attached hydrogens (tertiary/aromatic N) is 2. The summed E-state index contributed by atoms with van der Waals surface area (Å²) in [5.74, 6) is -0.814. The van der Waals surface area contributed by atoms with Gasteiger partial charge in [0.2, 0.25) is 0 Å². The number of Topliss-reactive ketones (excluding diaryl/α,β-unsaturated/α-hetero) is 1. The topological polar surface area (TPSA) is 70.1 Å². The van der Waals surface area contributed by atoms with E-state index in [1.165, 1.54) is 4.90 Å². The summed E-state index contributed by atoms with van der Waals surface area (Å²) in [6.45, 7) is 6.72. The number of ketones is 1. The number of carbonyl (C=O) groups excluding carboxylic acids is 2. The zero-order valence-corrected chi connectivity index (χ0v) is 20.6. The largest absolute Gasteiger partial charge is 0.507 e. The molecule has 1 fully saturated rings. The van der Waals surface area contributed by atoms with E-state index in [1.54, 1.807) is 12.1 Å². The van der Waals surface area contributed by atoms with Crippen LogP contribution in [0.5, 0.6) is 5.75 Å². The maximum atomic E-state index is 13.1. The van der Waals surface area contributed by atoms with Gasteiger partial charge in [-0.1, -0.05) is 34.1 Å². The standard InChI is InChI=1S/C25H29BrN2O4/c1-15(2)32-19-8-6-7-17(14-19)22-21(23(29)18-9-10-20(26)16(3)13-18)24(30)25(31)28(22)12-11-27(4)5/h6-10,13-15,22,29H,11-12H2,1-5H3/b23-21-. The summed E-state index contributed by atoms with van der Waals surface area (Å²) in [7, 11) is 3.82. The number of carbonyl (C=O) groups is 2. The fourth-order valence-corrected chi connectivity index (χ4v) is 3.99. The molecular formula is C25H29BrN2O4. The first-order chi connectivity index (χ1) is 15.1. The molecule has 0 saturated carbocycles. The third-order valence-electron chi connectivity index (χ3n) is 5.31. The number of benzene rings is 2. The number of likely N-dealkylation sites (N-methyl/N-ethyl adjacent to an activating group) is 1. The number of likely N-dealkylation sites (tertiary alicyclic amines) is 1. The van der Waals surface area contributed by atoms with E-state index in [-0.39, 0.29) is 17.4 Å². The monoisotopic (exact) mass is 500 g/mol. The van der Waals surface area contributed by atoms with Gasteiger partial charge in [-0.25, -0.2) is 0 Å². The zero-order chi connectivity index (χ0) is 23.6. The molecule has 7 heteroatoms. The first-order valence-corrected chi connectivity index (χ1v) is 11.4.